The average molecular weight is 362 g/mol. The van der Waals surface area contributed by atoms with Crippen LogP contribution in [0.15, 0.2) is 29.2 Å². The van der Waals surface area contributed by atoms with Crippen molar-refractivity contribution in [2.75, 3.05) is 39.0 Å². The van der Waals surface area contributed by atoms with Crippen LogP contribution in [-0.4, -0.2) is 65.8 Å². The molecule has 1 spiro atoms. The van der Waals surface area contributed by atoms with Gasteiger partial charge in [-0.25, -0.2) is 0 Å². The minimum atomic E-state index is 0.0915. The minimum Gasteiger partial charge on any atom is -0.396 e. The molecule has 1 aromatic carbocycles. The molecule has 2 amide bonds. The molecule has 1 aromatic rings. The Bertz CT molecular complexity index is 624. The molecule has 5 nitrogen and oxygen atoms in total. The predicted molar refractivity (Wildman–Crippen MR) is 98.7 cm³/mol. The zero-order valence-corrected chi connectivity index (χ0v) is 15.6. The van der Waals surface area contributed by atoms with E-state index in [9.17, 15) is 9.59 Å². The van der Waals surface area contributed by atoms with E-state index in [0.717, 1.165) is 49.4 Å². The topological polar surface area (TPSA) is 60.9 Å². The van der Waals surface area contributed by atoms with E-state index in [2.05, 4.69) is 0 Å². The number of hydrogen-bond donors (Lipinski definition) is 1. The van der Waals surface area contributed by atoms with E-state index < -0.39 is 0 Å². The van der Waals surface area contributed by atoms with Gasteiger partial charge in [0.05, 0.1) is 6.61 Å². The van der Waals surface area contributed by atoms with Gasteiger partial charge in [-0.3, -0.25) is 9.59 Å². The van der Waals surface area contributed by atoms with Crippen molar-refractivity contribution in [3.8, 4) is 0 Å². The summed E-state index contributed by atoms with van der Waals surface area (Å²) in [6.07, 6.45) is 3.54. The molecule has 0 radical (unpaired) electrons. The highest BCUT2D eigenvalue weighted by Crippen LogP contribution is 2.40. The predicted octanol–water partition coefficient (Wildman–Crippen LogP) is 2.25. The SMILES string of the molecule is CN1CC2(CCC1=O)CCN(C(=O)c1ccc(SCCO)cc1)CC2. The minimum absolute atomic E-state index is 0.0915. The number of carbonyl (C=O) groups excluding carboxylic acids is 2. The fraction of sp³-hybridized carbons (Fsp3) is 0.579. The van der Waals surface area contributed by atoms with Gasteiger partial charge in [0.2, 0.25) is 5.91 Å². The maximum atomic E-state index is 12.7. The summed E-state index contributed by atoms with van der Waals surface area (Å²) in [7, 11) is 1.89. The maximum absolute atomic E-state index is 12.7. The fourth-order valence-corrected chi connectivity index (χ4v) is 4.52. The third kappa shape index (κ3) is 4.18. The number of rotatable bonds is 4. The lowest BCUT2D eigenvalue weighted by Crippen LogP contribution is -2.51. The molecule has 0 unspecified atom stereocenters. The molecule has 0 aliphatic carbocycles. The lowest BCUT2D eigenvalue weighted by Gasteiger charge is -2.46. The van der Waals surface area contributed by atoms with Gasteiger partial charge in [0.25, 0.3) is 5.91 Å². The zero-order valence-electron chi connectivity index (χ0n) is 14.7. The van der Waals surface area contributed by atoms with E-state index in [1.165, 1.54) is 0 Å². The number of aliphatic hydroxyl groups is 1. The molecule has 2 fully saturated rings. The molecule has 0 saturated carbocycles. The second-order valence-electron chi connectivity index (χ2n) is 7.14. The lowest BCUT2D eigenvalue weighted by molar-refractivity contribution is -0.137. The van der Waals surface area contributed by atoms with E-state index >= 15 is 0 Å². The van der Waals surface area contributed by atoms with Gasteiger partial charge in [-0.05, 0) is 48.9 Å². The third-order valence-corrected chi connectivity index (χ3v) is 6.43. The van der Waals surface area contributed by atoms with Gasteiger partial charge in [-0.1, -0.05) is 0 Å². The Kier molecular flexibility index (Phi) is 5.69. The third-order valence-electron chi connectivity index (χ3n) is 5.44. The maximum Gasteiger partial charge on any atom is 0.253 e. The molecule has 6 heteroatoms. The largest absolute Gasteiger partial charge is 0.396 e. The molecule has 1 N–H and O–H groups in total. The normalized spacial score (nSPS) is 20.2. The molecule has 2 aliphatic rings. The van der Waals surface area contributed by atoms with Crippen LogP contribution in [0.4, 0.5) is 0 Å². The van der Waals surface area contributed by atoms with Crippen molar-refractivity contribution in [3.63, 3.8) is 0 Å². The number of nitrogens with zero attached hydrogens (tertiary/aromatic N) is 2. The van der Waals surface area contributed by atoms with E-state index in [4.69, 9.17) is 5.11 Å². The Morgan fingerprint density at radius 2 is 1.88 bits per heavy atom. The first kappa shape index (κ1) is 18.3. The van der Waals surface area contributed by atoms with Crippen LogP contribution >= 0.6 is 11.8 Å². The number of hydrogen-bond acceptors (Lipinski definition) is 4. The fourth-order valence-electron chi connectivity index (χ4n) is 3.87. The summed E-state index contributed by atoms with van der Waals surface area (Å²) >= 11 is 1.58. The van der Waals surface area contributed by atoms with Crippen LogP contribution in [0.5, 0.6) is 0 Å². The number of benzene rings is 1. The number of aliphatic hydroxyl groups excluding tert-OH is 1. The summed E-state index contributed by atoms with van der Waals surface area (Å²) in [4.78, 5) is 29.3. The molecular formula is C19H26N2O3S. The molecule has 2 saturated heterocycles. The summed E-state index contributed by atoms with van der Waals surface area (Å²) in [5.41, 5.74) is 0.921. The van der Waals surface area contributed by atoms with Gasteiger partial charge in [0.1, 0.15) is 0 Å². The Morgan fingerprint density at radius 1 is 1.20 bits per heavy atom. The van der Waals surface area contributed by atoms with E-state index in [0.29, 0.717) is 12.2 Å². The standard InChI is InChI=1S/C19H26N2O3S/c1-20-14-19(7-6-17(20)23)8-10-21(11-9-19)18(24)15-2-4-16(5-3-15)25-13-12-22/h2-5,22H,6-14H2,1H3. The summed E-state index contributed by atoms with van der Waals surface area (Å²) in [5, 5.41) is 8.87. The Morgan fingerprint density at radius 3 is 2.48 bits per heavy atom. The van der Waals surface area contributed by atoms with Crippen LogP contribution in [0.1, 0.15) is 36.0 Å². The number of amides is 2. The van der Waals surface area contributed by atoms with E-state index in [1.807, 2.05) is 41.1 Å². The molecule has 25 heavy (non-hydrogen) atoms. The lowest BCUT2D eigenvalue weighted by atomic mass is 9.72. The first-order chi connectivity index (χ1) is 12.0. The van der Waals surface area contributed by atoms with Gasteiger partial charge in [-0.2, -0.15) is 0 Å². The number of piperidine rings is 2. The van der Waals surface area contributed by atoms with Crippen LogP contribution in [-0.2, 0) is 4.79 Å². The van der Waals surface area contributed by atoms with Crippen molar-refractivity contribution in [3.05, 3.63) is 29.8 Å². The van der Waals surface area contributed by atoms with Gasteiger partial charge in [0, 0.05) is 49.3 Å². The Balaban J connectivity index is 1.57. The first-order valence-corrected chi connectivity index (χ1v) is 9.89. The van der Waals surface area contributed by atoms with Gasteiger partial charge in [0.15, 0.2) is 0 Å². The van der Waals surface area contributed by atoms with Crippen LogP contribution in [0.3, 0.4) is 0 Å². The van der Waals surface area contributed by atoms with E-state index in [-0.39, 0.29) is 23.8 Å². The van der Waals surface area contributed by atoms with Gasteiger partial charge < -0.3 is 14.9 Å². The van der Waals surface area contributed by atoms with E-state index in [1.54, 1.807) is 11.8 Å². The smallest absolute Gasteiger partial charge is 0.253 e. The quantitative estimate of drug-likeness (QED) is 0.835. The second-order valence-corrected chi connectivity index (χ2v) is 8.31. The Hall–Kier alpha value is -1.53. The summed E-state index contributed by atoms with van der Waals surface area (Å²) in [6.45, 7) is 2.51. The van der Waals surface area contributed by atoms with Gasteiger partial charge >= 0.3 is 0 Å². The van der Waals surface area contributed by atoms with Crippen molar-refractivity contribution in [1.29, 1.82) is 0 Å². The van der Waals surface area contributed by atoms with Gasteiger partial charge in [-0.15, -0.1) is 11.8 Å². The number of carbonyl (C=O) groups is 2. The summed E-state index contributed by atoms with van der Waals surface area (Å²) in [5.74, 6) is 0.996. The van der Waals surface area contributed by atoms with Crippen LogP contribution in [0, 0.1) is 5.41 Å². The molecule has 0 atom stereocenters. The zero-order chi connectivity index (χ0) is 17.9. The second kappa shape index (κ2) is 7.79. The monoisotopic (exact) mass is 362 g/mol. The molecule has 0 bridgehead atoms. The highest BCUT2D eigenvalue weighted by Gasteiger charge is 2.40. The van der Waals surface area contributed by atoms with Crippen LogP contribution in [0.25, 0.3) is 0 Å². The molecule has 136 valence electrons. The highest BCUT2D eigenvalue weighted by molar-refractivity contribution is 7.99. The first-order valence-electron chi connectivity index (χ1n) is 8.90. The molecule has 3 rings (SSSR count). The summed E-state index contributed by atoms with van der Waals surface area (Å²) in [6, 6.07) is 7.64. The number of thioether (sulfide) groups is 1. The van der Waals surface area contributed by atoms with Crippen molar-refractivity contribution in [2.24, 2.45) is 5.41 Å². The molecule has 2 heterocycles. The summed E-state index contributed by atoms with van der Waals surface area (Å²) < 4.78 is 0. The van der Waals surface area contributed by atoms with Crippen LogP contribution in [0.2, 0.25) is 0 Å². The average Bonchev–Trinajstić information content (AvgIpc) is 2.64. The van der Waals surface area contributed by atoms with Crippen LogP contribution < -0.4 is 0 Å². The number of likely N-dealkylation sites (tertiary alicyclic amines) is 2. The highest BCUT2D eigenvalue weighted by atomic mass is 32.2. The van der Waals surface area contributed by atoms with Crippen molar-refractivity contribution in [1.82, 2.24) is 9.80 Å². The Labute approximate surface area is 153 Å². The van der Waals surface area contributed by atoms with Crippen molar-refractivity contribution in [2.45, 2.75) is 30.6 Å². The van der Waals surface area contributed by atoms with Crippen molar-refractivity contribution < 1.29 is 14.7 Å². The molecule has 2 aliphatic heterocycles. The molecular weight excluding hydrogens is 336 g/mol. The van der Waals surface area contributed by atoms with Crippen molar-refractivity contribution >= 4 is 23.6 Å². The molecule has 0 aromatic heterocycles.